The van der Waals surface area contributed by atoms with Gasteiger partial charge in [-0.3, -0.25) is 0 Å². The van der Waals surface area contributed by atoms with E-state index in [1.54, 1.807) is 0 Å². The second kappa shape index (κ2) is 6.12. The lowest BCUT2D eigenvalue weighted by molar-refractivity contribution is 0.267. The Morgan fingerprint density at radius 2 is 2.00 bits per heavy atom. The fraction of sp³-hybridized carbons (Fsp3) is 0.538. The molecule has 2 nitrogen and oxygen atoms in total. The summed E-state index contributed by atoms with van der Waals surface area (Å²) in [5.41, 5.74) is 1.11. The van der Waals surface area contributed by atoms with Crippen molar-refractivity contribution in [1.29, 1.82) is 0 Å². The van der Waals surface area contributed by atoms with Crippen LogP contribution >= 0.6 is 11.6 Å². The van der Waals surface area contributed by atoms with E-state index >= 15 is 0 Å². The molecule has 0 bridgehead atoms. The summed E-state index contributed by atoms with van der Waals surface area (Å²) in [6.07, 6.45) is 0. The zero-order valence-corrected chi connectivity index (χ0v) is 11.1. The first kappa shape index (κ1) is 13.3. The van der Waals surface area contributed by atoms with E-state index in [2.05, 4.69) is 26.1 Å². The Balaban J connectivity index is 2.89. The minimum absolute atomic E-state index is 0.237. The van der Waals surface area contributed by atoms with Crippen LogP contribution < -0.4 is 10.1 Å². The maximum absolute atomic E-state index is 6.00. The van der Waals surface area contributed by atoms with Crippen molar-refractivity contribution in [2.24, 2.45) is 5.92 Å². The molecular weight excluding hydrogens is 222 g/mol. The smallest absolute Gasteiger partial charge is 0.124 e. The highest BCUT2D eigenvalue weighted by Gasteiger charge is 2.11. The molecule has 1 aromatic carbocycles. The first-order valence-corrected chi connectivity index (χ1v) is 6.02. The number of ether oxygens (including phenoxy) is 1. The van der Waals surface area contributed by atoms with Crippen molar-refractivity contribution in [3.05, 3.63) is 28.8 Å². The number of rotatable bonds is 5. The molecule has 0 amide bonds. The third kappa shape index (κ3) is 3.69. The summed E-state index contributed by atoms with van der Waals surface area (Å²) in [6.45, 7) is 7.09. The van der Waals surface area contributed by atoms with Crippen LogP contribution in [0.3, 0.4) is 0 Å². The van der Waals surface area contributed by atoms with E-state index in [4.69, 9.17) is 16.3 Å². The summed E-state index contributed by atoms with van der Waals surface area (Å²) < 4.78 is 5.78. The third-order valence-corrected chi connectivity index (χ3v) is 2.68. The summed E-state index contributed by atoms with van der Waals surface area (Å²) in [4.78, 5) is 0. The van der Waals surface area contributed by atoms with Crippen LogP contribution in [0, 0.1) is 5.92 Å². The van der Waals surface area contributed by atoms with E-state index in [9.17, 15) is 0 Å². The monoisotopic (exact) mass is 241 g/mol. The van der Waals surface area contributed by atoms with Crippen molar-refractivity contribution in [3.63, 3.8) is 0 Å². The van der Waals surface area contributed by atoms with Gasteiger partial charge in [-0.15, -0.1) is 0 Å². The summed E-state index contributed by atoms with van der Waals surface area (Å²) in [6, 6.07) is 6.00. The van der Waals surface area contributed by atoms with Crippen molar-refractivity contribution in [2.45, 2.75) is 26.8 Å². The predicted octanol–water partition coefficient (Wildman–Crippen LogP) is 3.66. The molecule has 1 atom stereocenters. The minimum atomic E-state index is 0.237. The van der Waals surface area contributed by atoms with Crippen LogP contribution in [0.25, 0.3) is 0 Å². The Labute approximate surface area is 103 Å². The minimum Gasteiger partial charge on any atom is -0.493 e. The quantitative estimate of drug-likeness (QED) is 0.850. The highest BCUT2D eigenvalue weighted by atomic mass is 35.5. The van der Waals surface area contributed by atoms with Gasteiger partial charge in [-0.25, -0.2) is 0 Å². The zero-order valence-electron chi connectivity index (χ0n) is 10.4. The van der Waals surface area contributed by atoms with Gasteiger partial charge in [-0.2, -0.15) is 0 Å². The molecular formula is C13H20ClNO. The lowest BCUT2D eigenvalue weighted by Gasteiger charge is -2.17. The molecule has 1 aromatic rings. The van der Waals surface area contributed by atoms with Gasteiger partial charge in [-0.05, 0) is 38.1 Å². The maximum Gasteiger partial charge on any atom is 0.124 e. The third-order valence-electron chi connectivity index (χ3n) is 2.44. The van der Waals surface area contributed by atoms with E-state index in [0.29, 0.717) is 5.92 Å². The van der Waals surface area contributed by atoms with Gasteiger partial charge in [-0.1, -0.05) is 25.4 Å². The number of hydrogen-bond donors (Lipinski definition) is 1. The van der Waals surface area contributed by atoms with E-state index in [1.165, 1.54) is 0 Å². The fourth-order valence-corrected chi connectivity index (χ4v) is 1.58. The van der Waals surface area contributed by atoms with Gasteiger partial charge in [0.05, 0.1) is 6.61 Å². The Kier molecular flexibility index (Phi) is 5.10. The molecule has 1 N–H and O–H groups in total. The van der Waals surface area contributed by atoms with Crippen molar-refractivity contribution in [2.75, 3.05) is 13.7 Å². The number of halogens is 1. The van der Waals surface area contributed by atoms with Crippen LogP contribution in [-0.4, -0.2) is 13.7 Å². The fourth-order valence-electron chi connectivity index (χ4n) is 1.40. The summed E-state index contributed by atoms with van der Waals surface area (Å²) in [5.74, 6) is 1.44. The number of nitrogens with one attached hydrogen (secondary N) is 1. The number of benzene rings is 1. The van der Waals surface area contributed by atoms with Crippen molar-refractivity contribution in [3.8, 4) is 5.75 Å². The van der Waals surface area contributed by atoms with Gasteiger partial charge >= 0.3 is 0 Å². The second-order valence-corrected chi connectivity index (χ2v) is 4.83. The van der Waals surface area contributed by atoms with Gasteiger partial charge in [0, 0.05) is 16.6 Å². The normalized spacial score (nSPS) is 12.9. The molecule has 0 aliphatic carbocycles. The molecule has 0 fully saturated rings. The van der Waals surface area contributed by atoms with Gasteiger partial charge in [0.2, 0.25) is 0 Å². The van der Waals surface area contributed by atoms with E-state index in [-0.39, 0.29) is 6.04 Å². The average Bonchev–Trinajstić information content (AvgIpc) is 2.26. The lowest BCUT2D eigenvalue weighted by atomic mass is 10.1. The molecule has 0 aliphatic heterocycles. The Morgan fingerprint density at radius 3 is 2.56 bits per heavy atom. The van der Waals surface area contributed by atoms with Crippen molar-refractivity contribution >= 4 is 11.6 Å². The molecule has 0 radical (unpaired) electrons. The standard InChI is InChI=1S/C13H20ClNO/c1-9(2)8-16-13-6-5-11(14)7-12(13)10(3)15-4/h5-7,9-10,15H,8H2,1-4H3. The SMILES string of the molecule is CNC(C)c1cc(Cl)ccc1OCC(C)C. The molecule has 90 valence electrons. The topological polar surface area (TPSA) is 21.3 Å². The molecule has 0 saturated heterocycles. The summed E-state index contributed by atoms with van der Waals surface area (Å²) >= 11 is 6.00. The molecule has 0 spiro atoms. The molecule has 0 aliphatic rings. The van der Waals surface area contributed by atoms with Crippen molar-refractivity contribution in [1.82, 2.24) is 5.32 Å². The Hall–Kier alpha value is -0.730. The van der Waals surface area contributed by atoms with Gasteiger partial charge in [0.1, 0.15) is 5.75 Å². The molecule has 0 aromatic heterocycles. The van der Waals surface area contributed by atoms with Crippen molar-refractivity contribution < 1.29 is 4.74 Å². The summed E-state index contributed by atoms with van der Waals surface area (Å²) in [5, 5.41) is 3.94. The molecule has 1 unspecified atom stereocenters. The van der Waals surface area contributed by atoms with Crippen LogP contribution in [0.5, 0.6) is 5.75 Å². The molecule has 1 rings (SSSR count). The van der Waals surface area contributed by atoms with Gasteiger partial charge < -0.3 is 10.1 Å². The van der Waals surface area contributed by atoms with Crippen LogP contribution in [0.2, 0.25) is 5.02 Å². The van der Waals surface area contributed by atoms with Crippen LogP contribution in [0.4, 0.5) is 0 Å². The van der Waals surface area contributed by atoms with Gasteiger partial charge in [0.25, 0.3) is 0 Å². The molecule has 16 heavy (non-hydrogen) atoms. The zero-order chi connectivity index (χ0) is 12.1. The van der Waals surface area contributed by atoms with Crippen LogP contribution in [-0.2, 0) is 0 Å². The van der Waals surface area contributed by atoms with E-state index < -0.39 is 0 Å². The lowest BCUT2D eigenvalue weighted by Crippen LogP contribution is -2.15. The number of hydrogen-bond acceptors (Lipinski definition) is 2. The molecule has 0 saturated carbocycles. The maximum atomic E-state index is 6.00. The second-order valence-electron chi connectivity index (χ2n) is 4.40. The Bertz CT molecular complexity index is 339. The highest BCUT2D eigenvalue weighted by molar-refractivity contribution is 6.30. The largest absolute Gasteiger partial charge is 0.493 e. The first-order chi connectivity index (χ1) is 7.54. The van der Waals surface area contributed by atoms with E-state index in [1.807, 2.05) is 25.2 Å². The average molecular weight is 242 g/mol. The molecule has 0 heterocycles. The van der Waals surface area contributed by atoms with Gasteiger partial charge in [0.15, 0.2) is 0 Å². The summed E-state index contributed by atoms with van der Waals surface area (Å²) in [7, 11) is 1.93. The first-order valence-electron chi connectivity index (χ1n) is 5.64. The van der Waals surface area contributed by atoms with E-state index in [0.717, 1.165) is 22.9 Å². The predicted molar refractivity (Wildman–Crippen MR) is 69.3 cm³/mol. The van der Waals surface area contributed by atoms with Crippen LogP contribution in [0.15, 0.2) is 18.2 Å². The van der Waals surface area contributed by atoms with Crippen LogP contribution in [0.1, 0.15) is 32.4 Å². The molecule has 3 heteroatoms. The highest BCUT2D eigenvalue weighted by Crippen LogP contribution is 2.28. The Morgan fingerprint density at radius 1 is 1.31 bits per heavy atom.